The molecule has 3 rings (SSSR count). The van der Waals surface area contributed by atoms with Crippen LogP contribution in [0.2, 0.25) is 0 Å². The molecule has 2 aromatic rings. The van der Waals surface area contributed by atoms with Crippen LogP contribution in [0.5, 0.6) is 0 Å². The van der Waals surface area contributed by atoms with Gasteiger partial charge in [0.2, 0.25) is 5.91 Å². The van der Waals surface area contributed by atoms with E-state index in [1.807, 2.05) is 12.1 Å². The maximum atomic E-state index is 12.1. The van der Waals surface area contributed by atoms with Crippen molar-refractivity contribution in [3.8, 4) is 0 Å². The molecule has 21 heavy (non-hydrogen) atoms. The first-order valence-electron chi connectivity index (χ1n) is 6.74. The number of benzene rings is 1. The molecule has 5 nitrogen and oxygen atoms in total. The molecule has 0 bridgehead atoms. The summed E-state index contributed by atoms with van der Waals surface area (Å²) in [6.07, 6.45) is 2.39. The van der Waals surface area contributed by atoms with Crippen LogP contribution in [0.25, 0.3) is 0 Å². The number of rotatable bonds is 4. The van der Waals surface area contributed by atoms with Crippen LogP contribution >= 0.6 is 0 Å². The number of anilines is 1. The number of nitrogens with one attached hydrogen (secondary N) is 1. The molecule has 1 amide bonds. The topological polar surface area (TPSA) is 79.5 Å². The molecular formula is C16H15NO4. The lowest BCUT2D eigenvalue weighted by molar-refractivity contribution is -0.117. The Kier molecular flexibility index (Phi) is 3.25. The number of aryl methyl sites for hydroxylation is 1. The van der Waals surface area contributed by atoms with Gasteiger partial charge in [0.15, 0.2) is 0 Å². The maximum Gasteiger partial charge on any atom is 0.335 e. The van der Waals surface area contributed by atoms with Crippen molar-refractivity contribution in [3.05, 3.63) is 53.5 Å². The lowest BCUT2D eigenvalue weighted by atomic mass is 10.1. The van der Waals surface area contributed by atoms with Gasteiger partial charge in [-0.2, -0.15) is 0 Å². The van der Waals surface area contributed by atoms with E-state index in [1.165, 1.54) is 6.07 Å². The molecule has 0 saturated heterocycles. The molecule has 1 saturated carbocycles. The lowest BCUT2D eigenvalue weighted by Crippen LogP contribution is -2.15. The van der Waals surface area contributed by atoms with E-state index in [0.29, 0.717) is 11.3 Å². The molecule has 0 radical (unpaired) electrons. The van der Waals surface area contributed by atoms with Crippen LogP contribution in [0.3, 0.4) is 0 Å². The van der Waals surface area contributed by atoms with Gasteiger partial charge in [-0.25, -0.2) is 4.79 Å². The SMILES string of the molecule is Cc1cc(NC(=O)C2CC2c2ccco2)ccc1C(=O)O. The third kappa shape index (κ3) is 2.67. The van der Waals surface area contributed by atoms with Crippen molar-refractivity contribution in [2.45, 2.75) is 19.3 Å². The lowest BCUT2D eigenvalue weighted by Gasteiger charge is -2.07. The second kappa shape index (κ2) is 5.09. The zero-order valence-corrected chi connectivity index (χ0v) is 11.5. The van der Waals surface area contributed by atoms with Gasteiger partial charge in [0, 0.05) is 17.5 Å². The first-order valence-corrected chi connectivity index (χ1v) is 6.74. The van der Waals surface area contributed by atoms with Gasteiger partial charge in [0.1, 0.15) is 5.76 Å². The molecule has 1 aliphatic carbocycles. The minimum atomic E-state index is -0.967. The van der Waals surface area contributed by atoms with E-state index < -0.39 is 5.97 Å². The van der Waals surface area contributed by atoms with Gasteiger partial charge in [-0.05, 0) is 49.2 Å². The summed E-state index contributed by atoms with van der Waals surface area (Å²) in [5.74, 6) is -0.105. The zero-order valence-electron chi connectivity index (χ0n) is 11.5. The second-order valence-corrected chi connectivity index (χ2v) is 5.29. The highest BCUT2D eigenvalue weighted by molar-refractivity contribution is 5.96. The average Bonchev–Trinajstić information content (AvgIpc) is 3.05. The first-order chi connectivity index (χ1) is 10.1. The highest BCUT2D eigenvalue weighted by Crippen LogP contribution is 2.48. The molecule has 5 heteroatoms. The maximum absolute atomic E-state index is 12.1. The summed E-state index contributed by atoms with van der Waals surface area (Å²) in [5, 5.41) is 11.8. The molecular weight excluding hydrogens is 270 g/mol. The van der Waals surface area contributed by atoms with Crippen molar-refractivity contribution in [1.29, 1.82) is 0 Å². The number of hydrogen-bond donors (Lipinski definition) is 2. The standard InChI is InChI=1S/C16H15NO4/c1-9-7-10(4-5-11(9)16(19)20)17-15(18)13-8-12(13)14-3-2-6-21-14/h2-7,12-13H,8H2,1H3,(H,17,18)(H,19,20). The van der Waals surface area contributed by atoms with E-state index in [1.54, 1.807) is 25.3 Å². The van der Waals surface area contributed by atoms with Crippen molar-refractivity contribution >= 4 is 17.6 Å². The molecule has 2 N–H and O–H groups in total. The minimum Gasteiger partial charge on any atom is -0.478 e. The predicted octanol–water partition coefficient (Wildman–Crippen LogP) is 3.03. The van der Waals surface area contributed by atoms with Gasteiger partial charge in [-0.1, -0.05) is 0 Å². The number of aromatic carboxylic acids is 1. The summed E-state index contributed by atoms with van der Waals surface area (Å²) < 4.78 is 5.30. The summed E-state index contributed by atoms with van der Waals surface area (Å²) in [7, 11) is 0. The van der Waals surface area contributed by atoms with E-state index in [0.717, 1.165) is 12.2 Å². The Morgan fingerprint density at radius 3 is 2.76 bits per heavy atom. The smallest absolute Gasteiger partial charge is 0.335 e. The van der Waals surface area contributed by atoms with Crippen LogP contribution in [0, 0.1) is 12.8 Å². The first kappa shape index (κ1) is 13.4. The van der Waals surface area contributed by atoms with Gasteiger partial charge in [-0.3, -0.25) is 4.79 Å². The molecule has 1 aliphatic rings. The Bertz CT molecular complexity index is 690. The molecule has 1 aromatic heterocycles. The van der Waals surface area contributed by atoms with Crippen molar-refractivity contribution in [3.63, 3.8) is 0 Å². The molecule has 1 heterocycles. The zero-order chi connectivity index (χ0) is 15.0. The van der Waals surface area contributed by atoms with Gasteiger partial charge < -0.3 is 14.8 Å². The molecule has 0 spiro atoms. The number of carboxylic acid groups (broad SMARTS) is 1. The summed E-state index contributed by atoms with van der Waals surface area (Å²) in [6.45, 7) is 1.71. The summed E-state index contributed by atoms with van der Waals surface area (Å²) >= 11 is 0. The van der Waals surface area contributed by atoms with Crippen molar-refractivity contribution in [2.24, 2.45) is 5.92 Å². The molecule has 1 aromatic carbocycles. The predicted molar refractivity (Wildman–Crippen MR) is 76.3 cm³/mol. The fraction of sp³-hybridized carbons (Fsp3) is 0.250. The number of carbonyl (C=O) groups is 2. The molecule has 2 atom stereocenters. The van der Waals surface area contributed by atoms with Crippen molar-refractivity contribution < 1.29 is 19.1 Å². The van der Waals surface area contributed by atoms with Crippen LogP contribution in [0.4, 0.5) is 5.69 Å². The van der Waals surface area contributed by atoms with Gasteiger partial charge in [0.25, 0.3) is 0 Å². The number of amides is 1. The van der Waals surface area contributed by atoms with Crippen molar-refractivity contribution in [1.82, 2.24) is 0 Å². The van der Waals surface area contributed by atoms with E-state index in [9.17, 15) is 9.59 Å². The molecule has 108 valence electrons. The summed E-state index contributed by atoms with van der Waals surface area (Å²) in [4.78, 5) is 23.1. The monoisotopic (exact) mass is 285 g/mol. The Morgan fingerprint density at radius 1 is 1.33 bits per heavy atom. The fourth-order valence-corrected chi connectivity index (χ4v) is 2.52. The van der Waals surface area contributed by atoms with Crippen molar-refractivity contribution in [2.75, 3.05) is 5.32 Å². The normalized spacial score (nSPS) is 20.0. The molecule has 0 aliphatic heterocycles. The van der Waals surface area contributed by atoms with Gasteiger partial charge in [-0.15, -0.1) is 0 Å². The van der Waals surface area contributed by atoms with Crippen LogP contribution < -0.4 is 5.32 Å². The number of hydrogen-bond acceptors (Lipinski definition) is 3. The van der Waals surface area contributed by atoms with E-state index >= 15 is 0 Å². The molecule has 2 unspecified atom stereocenters. The van der Waals surface area contributed by atoms with Crippen LogP contribution in [0.1, 0.15) is 34.0 Å². The van der Waals surface area contributed by atoms with Gasteiger partial charge >= 0.3 is 5.97 Å². The second-order valence-electron chi connectivity index (χ2n) is 5.29. The number of furan rings is 1. The summed E-state index contributed by atoms with van der Waals surface area (Å²) in [6, 6.07) is 8.48. The Balaban J connectivity index is 1.66. The van der Waals surface area contributed by atoms with Crippen LogP contribution in [-0.2, 0) is 4.79 Å². The van der Waals surface area contributed by atoms with Crippen LogP contribution in [-0.4, -0.2) is 17.0 Å². The Hall–Kier alpha value is -2.56. The number of carbonyl (C=O) groups excluding carboxylic acids is 1. The van der Waals surface area contributed by atoms with E-state index in [2.05, 4.69) is 5.32 Å². The van der Waals surface area contributed by atoms with Crippen LogP contribution in [0.15, 0.2) is 41.0 Å². The highest BCUT2D eigenvalue weighted by Gasteiger charge is 2.45. The summed E-state index contributed by atoms with van der Waals surface area (Å²) in [5.41, 5.74) is 1.49. The third-order valence-corrected chi connectivity index (χ3v) is 3.76. The fourth-order valence-electron chi connectivity index (χ4n) is 2.52. The Morgan fingerprint density at radius 2 is 2.14 bits per heavy atom. The largest absolute Gasteiger partial charge is 0.478 e. The Labute approximate surface area is 121 Å². The molecule has 1 fully saturated rings. The van der Waals surface area contributed by atoms with E-state index in [-0.39, 0.29) is 23.3 Å². The van der Waals surface area contributed by atoms with Gasteiger partial charge in [0.05, 0.1) is 11.8 Å². The average molecular weight is 285 g/mol. The third-order valence-electron chi connectivity index (χ3n) is 3.76. The van der Waals surface area contributed by atoms with E-state index in [4.69, 9.17) is 9.52 Å². The minimum absolute atomic E-state index is 0.0566. The quantitative estimate of drug-likeness (QED) is 0.905. The highest BCUT2D eigenvalue weighted by atomic mass is 16.4. The number of carboxylic acids is 1.